The molecule has 2 aromatic heterocycles. The Labute approximate surface area is 102 Å². The van der Waals surface area contributed by atoms with Crippen molar-refractivity contribution in [2.45, 2.75) is 37.3 Å². The van der Waals surface area contributed by atoms with Crippen molar-refractivity contribution in [2.75, 3.05) is 0 Å². The lowest BCUT2D eigenvalue weighted by Gasteiger charge is -1.92. The highest BCUT2D eigenvalue weighted by Crippen LogP contribution is 2.19. The molecule has 0 aliphatic heterocycles. The van der Waals surface area contributed by atoms with Crippen LogP contribution in [0.2, 0.25) is 0 Å². The van der Waals surface area contributed by atoms with Gasteiger partial charge in [0.1, 0.15) is 6.61 Å². The van der Waals surface area contributed by atoms with Gasteiger partial charge >= 0.3 is 0 Å². The highest BCUT2D eigenvalue weighted by molar-refractivity contribution is 7.98. The predicted molar refractivity (Wildman–Crippen MR) is 60.3 cm³/mol. The number of aromatic nitrogens is 5. The molecule has 2 N–H and O–H groups in total. The maximum absolute atomic E-state index is 8.82. The quantitative estimate of drug-likeness (QED) is 0.771. The molecule has 17 heavy (non-hydrogen) atoms. The van der Waals surface area contributed by atoms with Gasteiger partial charge in [0.15, 0.2) is 11.6 Å². The van der Waals surface area contributed by atoms with Crippen molar-refractivity contribution in [1.29, 1.82) is 0 Å². The molecule has 0 radical (unpaired) electrons. The normalized spacial score (nSPS) is 11.3. The summed E-state index contributed by atoms with van der Waals surface area (Å²) in [6.07, 6.45) is 0. The van der Waals surface area contributed by atoms with Gasteiger partial charge in [0, 0.05) is 5.92 Å². The van der Waals surface area contributed by atoms with Crippen LogP contribution in [0.3, 0.4) is 0 Å². The third-order valence-corrected chi connectivity index (χ3v) is 2.82. The number of nitrogens with zero attached hydrogens (tertiary/aromatic N) is 4. The number of hydrogen-bond acceptors (Lipinski definition) is 7. The average Bonchev–Trinajstić information content (AvgIpc) is 2.95. The van der Waals surface area contributed by atoms with Crippen LogP contribution in [0, 0.1) is 0 Å². The molecule has 2 heterocycles. The molecule has 92 valence electrons. The number of hydrogen-bond donors (Lipinski definition) is 2. The van der Waals surface area contributed by atoms with E-state index in [0.717, 1.165) is 0 Å². The summed E-state index contributed by atoms with van der Waals surface area (Å²) in [7, 11) is 0. The summed E-state index contributed by atoms with van der Waals surface area (Å²) in [5.74, 6) is 2.46. The Hall–Kier alpha value is -1.41. The third-order valence-electron chi connectivity index (χ3n) is 1.99. The molecule has 0 aliphatic carbocycles. The summed E-state index contributed by atoms with van der Waals surface area (Å²) < 4.78 is 5.08. The number of aromatic amines is 1. The van der Waals surface area contributed by atoms with Crippen molar-refractivity contribution in [1.82, 2.24) is 25.3 Å². The Balaban J connectivity index is 1.92. The Kier molecular flexibility index (Phi) is 3.75. The molecule has 0 spiro atoms. The smallest absolute Gasteiger partial charge is 0.237 e. The molecule has 0 bridgehead atoms. The lowest BCUT2D eigenvalue weighted by molar-refractivity contribution is 0.271. The molecule has 0 aromatic carbocycles. The minimum Gasteiger partial charge on any atom is -0.388 e. The second-order valence-electron chi connectivity index (χ2n) is 3.71. The molecule has 8 heteroatoms. The Bertz CT molecular complexity index is 481. The van der Waals surface area contributed by atoms with E-state index in [1.165, 1.54) is 11.8 Å². The van der Waals surface area contributed by atoms with E-state index < -0.39 is 0 Å². The van der Waals surface area contributed by atoms with Crippen molar-refractivity contribution in [3.05, 3.63) is 17.5 Å². The number of thioether (sulfide) groups is 1. The summed E-state index contributed by atoms with van der Waals surface area (Å²) in [5.41, 5.74) is 0. The van der Waals surface area contributed by atoms with Gasteiger partial charge in [0.05, 0.1) is 5.75 Å². The topological polar surface area (TPSA) is 101 Å². The molecule has 2 rings (SSSR count). The van der Waals surface area contributed by atoms with Crippen molar-refractivity contribution in [3.8, 4) is 0 Å². The van der Waals surface area contributed by atoms with Gasteiger partial charge in [-0.3, -0.25) is 5.10 Å². The molecule has 0 amide bonds. The highest BCUT2D eigenvalue weighted by atomic mass is 32.2. The van der Waals surface area contributed by atoms with Crippen LogP contribution >= 0.6 is 11.8 Å². The lowest BCUT2D eigenvalue weighted by atomic mass is 10.2. The van der Waals surface area contributed by atoms with Crippen molar-refractivity contribution < 1.29 is 9.63 Å². The molecule has 0 saturated heterocycles. The predicted octanol–water partition coefficient (Wildman–Crippen LogP) is 1.10. The van der Waals surface area contributed by atoms with E-state index in [4.69, 9.17) is 9.63 Å². The summed E-state index contributed by atoms with van der Waals surface area (Å²) >= 11 is 1.37. The van der Waals surface area contributed by atoms with E-state index in [1.807, 2.05) is 13.8 Å². The van der Waals surface area contributed by atoms with Crippen LogP contribution in [0.4, 0.5) is 0 Å². The van der Waals surface area contributed by atoms with Gasteiger partial charge in [-0.25, -0.2) is 4.98 Å². The largest absolute Gasteiger partial charge is 0.388 e. The SMILES string of the molecule is CC(C)c1noc(CSc2n[nH]c(CO)n2)n1. The molecule has 0 saturated carbocycles. The van der Waals surface area contributed by atoms with Crippen molar-refractivity contribution >= 4 is 11.8 Å². The van der Waals surface area contributed by atoms with E-state index in [1.54, 1.807) is 0 Å². The molecule has 0 atom stereocenters. The molecular formula is C9H13N5O2S. The summed E-state index contributed by atoms with van der Waals surface area (Å²) in [6, 6.07) is 0. The Morgan fingerprint density at radius 3 is 2.82 bits per heavy atom. The first kappa shape index (κ1) is 12.1. The second kappa shape index (κ2) is 5.28. The summed E-state index contributed by atoms with van der Waals surface area (Å²) in [4.78, 5) is 8.28. The first-order valence-electron chi connectivity index (χ1n) is 5.16. The van der Waals surface area contributed by atoms with Crippen LogP contribution in [-0.2, 0) is 12.4 Å². The first-order valence-corrected chi connectivity index (χ1v) is 6.15. The van der Waals surface area contributed by atoms with Gasteiger partial charge in [0.25, 0.3) is 0 Å². The molecule has 0 aliphatic rings. The fourth-order valence-electron chi connectivity index (χ4n) is 1.10. The van der Waals surface area contributed by atoms with Crippen LogP contribution in [0.25, 0.3) is 0 Å². The maximum atomic E-state index is 8.82. The van der Waals surface area contributed by atoms with E-state index in [0.29, 0.717) is 28.4 Å². The standard InChI is InChI=1S/C9H13N5O2S/c1-5(2)8-11-7(16-14-8)4-17-9-10-6(3-15)12-13-9/h5,15H,3-4H2,1-2H3,(H,10,12,13). The van der Waals surface area contributed by atoms with Gasteiger partial charge in [-0.05, 0) is 0 Å². The molecule has 7 nitrogen and oxygen atoms in total. The minimum atomic E-state index is -0.147. The van der Waals surface area contributed by atoms with Gasteiger partial charge in [-0.1, -0.05) is 30.8 Å². The zero-order valence-electron chi connectivity index (χ0n) is 9.54. The van der Waals surface area contributed by atoms with Gasteiger partial charge in [-0.2, -0.15) is 4.98 Å². The molecule has 2 aromatic rings. The van der Waals surface area contributed by atoms with E-state index in [2.05, 4.69) is 25.3 Å². The summed E-state index contributed by atoms with van der Waals surface area (Å²) in [6.45, 7) is 3.86. The molecular weight excluding hydrogens is 242 g/mol. The fourth-order valence-corrected chi connectivity index (χ4v) is 1.76. The van der Waals surface area contributed by atoms with E-state index in [-0.39, 0.29) is 12.5 Å². The monoisotopic (exact) mass is 255 g/mol. The lowest BCUT2D eigenvalue weighted by Crippen LogP contribution is -1.90. The van der Waals surface area contributed by atoms with E-state index in [9.17, 15) is 0 Å². The summed E-state index contributed by atoms with van der Waals surface area (Å²) in [5, 5.41) is 19.8. The van der Waals surface area contributed by atoms with Crippen molar-refractivity contribution in [3.63, 3.8) is 0 Å². The van der Waals surface area contributed by atoms with Crippen molar-refractivity contribution in [2.24, 2.45) is 0 Å². The molecule has 0 unspecified atom stereocenters. The van der Waals surface area contributed by atoms with Gasteiger partial charge in [-0.15, -0.1) is 5.10 Å². The van der Waals surface area contributed by atoms with Gasteiger partial charge in [0.2, 0.25) is 11.0 Å². The second-order valence-corrected chi connectivity index (χ2v) is 4.65. The van der Waals surface area contributed by atoms with Crippen LogP contribution in [0.15, 0.2) is 9.68 Å². The highest BCUT2D eigenvalue weighted by Gasteiger charge is 2.11. The number of nitrogens with one attached hydrogen (secondary N) is 1. The maximum Gasteiger partial charge on any atom is 0.237 e. The van der Waals surface area contributed by atoms with Crippen LogP contribution in [0.1, 0.15) is 37.3 Å². The zero-order chi connectivity index (χ0) is 12.3. The van der Waals surface area contributed by atoms with Gasteiger partial charge < -0.3 is 9.63 Å². The molecule has 0 fully saturated rings. The van der Waals surface area contributed by atoms with E-state index >= 15 is 0 Å². The minimum absolute atomic E-state index is 0.147. The Morgan fingerprint density at radius 1 is 1.41 bits per heavy atom. The fraction of sp³-hybridized carbons (Fsp3) is 0.556. The first-order chi connectivity index (χ1) is 8.19. The number of aliphatic hydroxyl groups is 1. The Morgan fingerprint density at radius 2 is 2.24 bits per heavy atom. The number of H-pyrrole nitrogens is 1. The van der Waals surface area contributed by atoms with Crippen LogP contribution < -0.4 is 0 Å². The average molecular weight is 255 g/mol. The zero-order valence-corrected chi connectivity index (χ0v) is 10.4. The number of aliphatic hydroxyl groups excluding tert-OH is 1. The van der Waals surface area contributed by atoms with Crippen LogP contribution in [-0.4, -0.2) is 30.4 Å². The van der Waals surface area contributed by atoms with Crippen LogP contribution in [0.5, 0.6) is 0 Å². The number of rotatable bonds is 5. The third kappa shape index (κ3) is 3.04.